The Labute approximate surface area is 98.1 Å². The minimum Gasteiger partial charge on any atom is -0.388 e. The van der Waals surface area contributed by atoms with Gasteiger partial charge in [-0.15, -0.1) is 0 Å². The summed E-state index contributed by atoms with van der Waals surface area (Å²) in [6.07, 6.45) is 6.43. The van der Waals surface area contributed by atoms with Gasteiger partial charge in [-0.2, -0.15) is 0 Å². The Kier molecular flexibility index (Phi) is 5.99. The van der Waals surface area contributed by atoms with Gasteiger partial charge in [-0.25, -0.2) is 4.39 Å². The highest BCUT2D eigenvalue weighted by Gasteiger charge is 2.31. The Hall–Kier alpha value is -0.410. The molecule has 0 spiro atoms. The molecule has 3 unspecified atom stereocenters. The summed E-state index contributed by atoms with van der Waals surface area (Å²) >= 11 is 0. The highest BCUT2D eigenvalue weighted by molar-refractivity contribution is 5.00. The summed E-state index contributed by atoms with van der Waals surface area (Å²) in [5.74, 6) is 0. The summed E-state index contributed by atoms with van der Waals surface area (Å²) in [6.45, 7) is 5.39. The molecule has 1 fully saturated rings. The second kappa shape index (κ2) is 7.02. The van der Waals surface area contributed by atoms with Gasteiger partial charge >= 0.3 is 0 Å². The van der Waals surface area contributed by atoms with Crippen LogP contribution in [0.4, 0.5) is 4.39 Å². The molecule has 0 radical (unpaired) electrons. The summed E-state index contributed by atoms with van der Waals surface area (Å²) in [4.78, 5) is 2.08. The molecule has 0 aromatic carbocycles. The van der Waals surface area contributed by atoms with Crippen LogP contribution < -0.4 is 0 Å². The molecule has 0 aromatic heterocycles. The van der Waals surface area contributed by atoms with Crippen molar-refractivity contribution in [1.29, 1.82) is 0 Å². The Morgan fingerprint density at radius 1 is 1.25 bits per heavy atom. The first-order chi connectivity index (χ1) is 7.77. The van der Waals surface area contributed by atoms with Gasteiger partial charge in [0.1, 0.15) is 6.17 Å². The Morgan fingerprint density at radius 3 is 2.56 bits per heavy atom. The molecule has 3 heteroatoms. The highest BCUT2D eigenvalue weighted by atomic mass is 19.1. The van der Waals surface area contributed by atoms with Gasteiger partial charge in [-0.1, -0.05) is 38.8 Å². The topological polar surface area (TPSA) is 23.5 Å². The lowest BCUT2D eigenvalue weighted by molar-refractivity contribution is 0.0491. The molecule has 1 saturated carbocycles. The number of rotatable bonds is 1. The molecule has 16 heavy (non-hydrogen) atoms. The van der Waals surface area contributed by atoms with Crippen molar-refractivity contribution in [1.82, 2.24) is 4.90 Å². The van der Waals surface area contributed by atoms with Gasteiger partial charge in [0.2, 0.25) is 0 Å². The number of halogens is 1. The smallest absolute Gasteiger partial charge is 0.116 e. The maximum Gasteiger partial charge on any atom is 0.116 e. The average molecular weight is 229 g/mol. The van der Waals surface area contributed by atoms with Crippen LogP contribution in [0.1, 0.15) is 39.5 Å². The van der Waals surface area contributed by atoms with Crippen molar-refractivity contribution in [2.45, 2.75) is 57.8 Å². The van der Waals surface area contributed by atoms with Crippen molar-refractivity contribution in [2.75, 3.05) is 13.1 Å². The zero-order valence-corrected chi connectivity index (χ0v) is 10.4. The number of alkyl halides is 1. The molecule has 1 heterocycles. The standard InChI is InChI=1S/C11H18FNO.C2H6/c12-10-5-1-2-6-11(10)13-7-3-4-9(14)8-13;1-2/h3-4,9-11,14H,1-2,5-8H2;1-2H3. The first-order valence-electron chi connectivity index (χ1n) is 6.50. The van der Waals surface area contributed by atoms with Gasteiger partial charge in [0.05, 0.1) is 6.10 Å². The minimum atomic E-state index is -0.692. The van der Waals surface area contributed by atoms with Crippen LogP contribution in [-0.2, 0) is 0 Å². The summed E-state index contributed by atoms with van der Waals surface area (Å²) in [6, 6.07) is 0.0448. The molecule has 1 aliphatic carbocycles. The van der Waals surface area contributed by atoms with Crippen molar-refractivity contribution in [3.8, 4) is 0 Å². The van der Waals surface area contributed by atoms with Crippen LogP contribution >= 0.6 is 0 Å². The number of aliphatic hydroxyl groups is 1. The predicted molar refractivity (Wildman–Crippen MR) is 65.2 cm³/mol. The number of β-amino-alcohol motifs (C(OH)–C–C–N with tert-alkyl or cyclic N) is 1. The molecule has 1 aliphatic heterocycles. The van der Waals surface area contributed by atoms with E-state index in [1.165, 1.54) is 0 Å². The predicted octanol–water partition coefficient (Wildman–Crippen LogP) is 2.53. The van der Waals surface area contributed by atoms with Gasteiger partial charge < -0.3 is 5.11 Å². The number of aliphatic hydroxyl groups excluding tert-OH is 1. The Bertz CT molecular complexity index is 220. The molecule has 0 bridgehead atoms. The number of nitrogens with zero attached hydrogens (tertiary/aromatic N) is 1. The van der Waals surface area contributed by atoms with E-state index < -0.39 is 12.3 Å². The van der Waals surface area contributed by atoms with Crippen LogP contribution in [0.15, 0.2) is 12.2 Å². The molecule has 3 atom stereocenters. The van der Waals surface area contributed by atoms with Crippen molar-refractivity contribution in [2.24, 2.45) is 0 Å². The normalized spacial score (nSPS) is 35.4. The third-order valence-corrected chi connectivity index (χ3v) is 3.24. The molecular weight excluding hydrogens is 205 g/mol. The molecular formula is C13H24FNO. The zero-order valence-electron chi connectivity index (χ0n) is 10.4. The molecule has 0 saturated heterocycles. The van der Waals surface area contributed by atoms with Crippen LogP contribution in [0.3, 0.4) is 0 Å². The first kappa shape index (κ1) is 13.7. The number of hydrogen-bond acceptors (Lipinski definition) is 2. The fourth-order valence-electron chi connectivity index (χ4n) is 2.48. The van der Waals surface area contributed by atoms with Gasteiger partial charge in [0.15, 0.2) is 0 Å². The van der Waals surface area contributed by atoms with Crippen molar-refractivity contribution in [3.05, 3.63) is 12.2 Å². The van der Waals surface area contributed by atoms with Crippen molar-refractivity contribution in [3.63, 3.8) is 0 Å². The summed E-state index contributed by atoms with van der Waals surface area (Å²) < 4.78 is 13.6. The van der Waals surface area contributed by atoms with Gasteiger partial charge in [0.25, 0.3) is 0 Å². The molecule has 2 nitrogen and oxygen atoms in total. The van der Waals surface area contributed by atoms with E-state index in [9.17, 15) is 9.50 Å². The maximum atomic E-state index is 13.6. The van der Waals surface area contributed by atoms with Crippen LogP contribution in [0.2, 0.25) is 0 Å². The molecule has 94 valence electrons. The third-order valence-electron chi connectivity index (χ3n) is 3.24. The maximum absolute atomic E-state index is 13.6. The average Bonchev–Trinajstić information content (AvgIpc) is 2.32. The molecule has 2 aliphatic rings. The third kappa shape index (κ3) is 3.56. The lowest BCUT2D eigenvalue weighted by Gasteiger charge is -2.38. The van der Waals surface area contributed by atoms with E-state index in [-0.39, 0.29) is 6.04 Å². The second-order valence-corrected chi connectivity index (χ2v) is 4.32. The van der Waals surface area contributed by atoms with E-state index >= 15 is 0 Å². The van der Waals surface area contributed by atoms with Crippen LogP contribution in [0.5, 0.6) is 0 Å². The van der Waals surface area contributed by atoms with Gasteiger partial charge in [-0.05, 0) is 12.8 Å². The lowest BCUT2D eigenvalue weighted by atomic mass is 9.91. The number of hydrogen-bond donors (Lipinski definition) is 1. The zero-order chi connectivity index (χ0) is 12.0. The largest absolute Gasteiger partial charge is 0.388 e. The summed E-state index contributed by atoms with van der Waals surface area (Å²) in [5, 5.41) is 9.45. The fraction of sp³-hybridized carbons (Fsp3) is 0.846. The summed E-state index contributed by atoms with van der Waals surface area (Å²) in [7, 11) is 0. The SMILES string of the molecule is CC.OC1C=CCN(C2CCCCC2F)C1. The Morgan fingerprint density at radius 2 is 1.94 bits per heavy atom. The monoisotopic (exact) mass is 229 g/mol. The first-order valence-corrected chi connectivity index (χ1v) is 6.50. The van der Waals surface area contributed by atoms with Gasteiger partial charge in [0, 0.05) is 19.1 Å². The minimum absolute atomic E-state index is 0.0448. The van der Waals surface area contributed by atoms with E-state index in [4.69, 9.17) is 0 Å². The molecule has 2 rings (SSSR count). The molecule has 0 amide bonds. The highest BCUT2D eigenvalue weighted by Crippen LogP contribution is 2.26. The van der Waals surface area contributed by atoms with E-state index in [1.54, 1.807) is 6.08 Å². The van der Waals surface area contributed by atoms with Crippen molar-refractivity contribution >= 4 is 0 Å². The quantitative estimate of drug-likeness (QED) is 0.698. The fourth-order valence-corrected chi connectivity index (χ4v) is 2.48. The van der Waals surface area contributed by atoms with Crippen LogP contribution in [0, 0.1) is 0 Å². The lowest BCUT2D eigenvalue weighted by Crippen LogP contribution is -2.48. The van der Waals surface area contributed by atoms with Crippen LogP contribution in [-0.4, -0.2) is 41.4 Å². The second-order valence-electron chi connectivity index (χ2n) is 4.32. The van der Waals surface area contributed by atoms with E-state index in [0.717, 1.165) is 25.8 Å². The molecule has 1 N–H and O–H groups in total. The van der Waals surface area contributed by atoms with E-state index in [1.807, 2.05) is 19.9 Å². The van der Waals surface area contributed by atoms with Crippen LogP contribution in [0.25, 0.3) is 0 Å². The Balaban J connectivity index is 0.000000606. The molecule has 0 aromatic rings. The van der Waals surface area contributed by atoms with Crippen molar-refractivity contribution < 1.29 is 9.50 Å². The van der Waals surface area contributed by atoms with E-state index in [0.29, 0.717) is 13.0 Å². The van der Waals surface area contributed by atoms with E-state index in [2.05, 4.69) is 4.90 Å². The summed E-state index contributed by atoms with van der Waals surface area (Å²) in [5.41, 5.74) is 0. The van der Waals surface area contributed by atoms with Gasteiger partial charge in [-0.3, -0.25) is 4.90 Å².